The van der Waals surface area contributed by atoms with Gasteiger partial charge in [0.15, 0.2) is 5.96 Å². The number of nitrogens with two attached hydrogens (primary N) is 2. The van der Waals surface area contributed by atoms with Crippen LogP contribution in [0.2, 0.25) is 0 Å². The van der Waals surface area contributed by atoms with Crippen molar-refractivity contribution in [3.63, 3.8) is 0 Å². The second-order valence-electron chi connectivity index (χ2n) is 8.82. The van der Waals surface area contributed by atoms with Crippen molar-refractivity contribution in [3.05, 3.63) is 0 Å². The standard InChI is InChI=1S/C21H36N6O3/c22-21(23)25-10-3-6-15(13-28)26-19(29)17-8-4-12-27(17)20(30)18-16-7-2-1-5-14(16)9-11-24-18/h13-18,24H,1-12H2,(H,26,29)(H4,22,23,25)/t14-,15-,16-,17-,18+/m0/s1. The van der Waals surface area contributed by atoms with Crippen molar-refractivity contribution in [2.45, 2.75) is 75.9 Å². The van der Waals surface area contributed by atoms with Crippen molar-refractivity contribution >= 4 is 24.1 Å². The molecular weight excluding hydrogens is 384 g/mol. The first kappa shape index (κ1) is 22.5. The van der Waals surface area contributed by atoms with E-state index in [1.165, 1.54) is 19.3 Å². The third kappa shape index (κ3) is 5.50. The molecule has 3 aliphatic rings. The number of guanidine groups is 1. The van der Waals surface area contributed by atoms with E-state index in [1.807, 2.05) is 0 Å². The predicted octanol–water partition coefficient (Wildman–Crippen LogP) is -0.117. The van der Waals surface area contributed by atoms with E-state index in [9.17, 15) is 14.4 Å². The number of aldehydes is 1. The summed E-state index contributed by atoms with van der Waals surface area (Å²) in [7, 11) is 0. The van der Waals surface area contributed by atoms with Crippen LogP contribution in [0.5, 0.6) is 0 Å². The summed E-state index contributed by atoms with van der Waals surface area (Å²) in [4.78, 5) is 43.3. The normalized spacial score (nSPS) is 29.5. The Morgan fingerprint density at radius 1 is 1.17 bits per heavy atom. The summed E-state index contributed by atoms with van der Waals surface area (Å²) in [5.41, 5.74) is 10.6. The molecule has 6 N–H and O–H groups in total. The Morgan fingerprint density at radius 2 is 1.97 bits per heavy atom. The number of hydrogen-bond acceptors (Lipinski definition) is 5. The number of piperidine rings is 1. The zero-order chi connectivity index (χ0) is 21.5. The monoisotopic (exact) mass is 420 g/mol. The lowest BCUT2D eigenvalue weighted by Gasteiger charge is -2.43. The van der Waals surface area contributed by atoms with E-state index in [1.54, 1.807) is 4.90 Å². The van der Waals surface area contributed by atoms with Gasteiger partial charge < -0.3 is 31.8 Å². The Balaban J connectivity index is 1.57. The molecular formula is C21H36N6O3. The van der Waals surface area contributed by atoms with Gasteiger partial charge in [-0.2, -0.15) is 0 Å². The fourth-order valence-corrected chi connectivity index (χ4v) is 5.33. The van der Waals surface area contributed by atoms with Gasteiger partial charge in [-0.3, -0.25) is 14.6 Å². The maximum Gasteiger partial charge on any atom is 0.243 e. The third-order valence-corrected chi connectivity index (χ3v) is 6.84. The van der Waals surface area contributed by atoms with Crippen molar-refractivity contribution in [3.8, 4) is 0 Å². The number of carbonyl (C=O) groups excluding carboxylic acids is 3. The molecule has 2 aliphatic heterocycles. The first-order chi connectivity index (χ1) is 14.5. The molecule has 9 nitrogen and oxygen atoms in total. The van der Waals surface area contributed by atoms with Gasteiger partial charge in [-0.25, -0.2) is 0 Å². The van der Waals surface area contributed by atoms with Crippen LogP contribution in [-0.2, 0) is 14.4 Å². The molecule has 30 heavy (non-hydrogen) atoms. The van der Waals surface area contributed by atoms with Crippen molar-refractivity contribution in [1.29, 1.82) is 0 Å². The molecule has 9 heteroatoms. The van der Waals surface area contributed by atoms with Gasteiger partial charge in [0.2, 0.25) is 11.8 Å². The topological polar surface area (TPSA) is 143 Å². The minimum Gasteiger partial charge on any atom is -0.370 e. The van der Waals surface area contributed by atoms with Crippen LogP contribution in [0.15, 0.2) is 4.99 Å². The summed E-state index contributed by atoms with van der Waals surface area (Å²) in [5.74, 6) is 0.824. The quantitative estimate of drug-likeness (QED) is 0.187. The largest absolute Gasteiger partial charge is 0.370 e. The highest BCUT2D eigenvalue weighted by Crippen LogP contribution is 2.37. The number of nitrogens with one attached hydrogen (secondary N) is 2. The van der Waals surface area contributed by atoms with E-state index < -0.39 is 12.1 Å². The molecule has 1 aliphatic carbocycles. The van der Waals surface area contributed by atoms with Gasteiger partial charge in [-0.15, -0.1) is 0 Å². The van der Waals surface area contributed by atoms with Crippen LogP contribution in [0.3, 0.4) is 0 Å². The van der Waals surface area contributed by atoms with Crippen LogP contribution in [-0.4, -0.2) is 66.7 Å². The first-order valence-corrected chi connectivity index (χ1v) is 11.4. The average Bonchev–Trinajstić information content (AvgIpc) is 3.24. The summed E-state index contributed by atoms with van der Waals surface area (Å²) in [5, 5.41) is 6.25. The van der Waals surface area contributed by atoms with E-state index in [4.69, 9.17) is 11.5 Å². The summed E-state index contributed by atoms with van der Waals surface area (Å²) in [6, 6.07) is -1.28. The second kappa shape index (κ2) is 10.7. The fourth-order valence-electron chi connectivity index (χ4n) is 5.33. The van der Waals surface area contributed by atoms with Gasteiger partial charge in [-0.1, -0.05) is 19.3 Å². The van der Waals surface area contributed by atoms with E-state index in [-0.39, 0.29) is 23.8 Å². The van der Waals surface area contributed by atoms with Gasteiger partial charge in [0.25, 0.3) is 0 Å². The molecule has 0 aromatic carbocycles. The maximum atomic E-state index is 13.4. The van der Waals surface area contributed by atoms with Gasteiger partial charge in [0.05, 0.1) is 12.1 Å². The highest BCUT2D eigenvalue weighted by Gasteiger charge is 2.43. The van der Waals surface area contributed by atoms with Crippen LogP contribution < -0.4 is 22.1 Å². The molecule has 0 aromatic heterocycles. The number of fused-ring (bicyclic) bond motifs is 1. The molecule has 3 fully saturated rings. The van der Waals surface area contributed by atoms with Crippen LogP contribution in [0, 0.1) is 11.8 Å². The van der Waals surface area contributed by atoms with Gasteiger partial charge in [0.1, 0.15) is 12.3 Å². The minimum absolute atomic E-state index is 0.0123. The maximum absolute atomic E-state index is 13.4. The Hall–Kier alpha value is -2.16. The van der Waals surface area contributed by atoms with Crippen LogP contribution in [0.4, 0.5) is 0 Å². The zero-order valence-corrected chi connectivity index (χ0v) is 17.7. The summed E-state index contributed by atoms with van der Waals surface area (Å²) in [6.45, 7) is 1.88. The molecule has 0 spiro atoms. The second-order valence-corrected chi connectivity index (χ2v) is 8.82. The van der Waals surface area contributed by atoms with E-state index in [0.29, 0.717) is 44.2 Å². The van der Waals surface area contributed by atoms with Gasteiger partial charge >= 0.3 is 0 Å². The Labute approximate surface area is 178 Å². The molecule has 1 saturated carbocycles. The Kier molecular flexibility index (Phi) is 8.07. The third-order valence-electron chi connectivity index (χ3n) is 6.84. The summed E-state index contributed by atoms with van der Waals surface area (Å²) >= 11 is 0. The molecule has 3 rings (SSSR count). The Morgan fingerprint density at radius 3 is 2.73 bits per heavy atom. The van der Waals surface area contributed by atoms with Gasteiger partial charge in [-0.05, 0) is 56.9 Å². The molecule has 5 atom stereocenters. The van der Waals surface area contributed by atoms with Crippen molar-refractivity contribution in [2.24, 2.45) is 28.3 Å². The molecule has 2 heterocycles. The average molecular weight is 421 g/mol. The number of aliphatic imine (C=N–C) groups is 1. The molecule has 0 aromatic rings. The number of likely N-dealkylation sites (tertiary alicyclic amines) is 1. The molecule has 168 valence electrons. The summed E-state index contributed by atoms with van der Waals surface area (Å²) < 4.78 is 0. The Bertz CT molecular complexity index is 649. The lowest BCUT2D eigenvalue weighted by molar-refractivity contribution is -0.143. The lowest BCUT2D eigenvalue weighted by Crippen LogP contribution is -2.59. The molecule has 0 unspecified atom stereocenters. The van der Waals surface area contributed by atoms with Crippen LogP contribution >= 0.6 is 0 Å². The fraction of sp³-hybridized carbons (Fsp3) is 0.810. The first-order valence-electron chi connectivity index (χ1n) is 11.4. The molecule has 2 saturated heterocycles. The lowest BCUT2D eigenvalue weighted by atomic mass is 9.71. The zero-order valence-electron chi connectivity index (χ0n) is 17.7. The highest BCUT2D eigenvalue weighted by atomic mass is 16.2. The number of amides is 2. The molecule has 2 amide bonds. The van der Waals surface area contributed by atoms with Crippen molar-refractivity contribution in [2.75, 3.05) is 19.6 Å². The minimum atomic E-state index is -0.597. The number of nitrogens with zero attached hydrogens (tertiary/aromatic N) is 2. The number of carbonyl (C=O) groups is 3. The van der Waals surface area contributed by atoms with E-state index in [2.05, 4.69) is 15.6 Å². The smallest absolute Gasteiger partial charge is 0.243 e. The number of hydrogen-bond donors (Lipinski definition) is 4. The molecule has 0 bridgehead atoms. The van der Waals surface area contributed by atoms with Gasteiger partial charge in [0, 0.05) is 13.1 Å². The van der Waals surface area contributed by atoms with Crippen LogP contribution in [0.25, 0.3) is 0 Å². The molecule has 0 radical (unpaired) electrons. The highest BCUT2D eigenvalue weighted by molar-refractivity contribution is 5.91. The van der Waals surface area contributed by atoms with Crippen molar-refractivity contribution < 1.29 is 14.4 Å². The predicted molar refractivity (Wildman–Crippen MR) is 114 cm³/mol. The van der Waals surface area contributed by atoms with Crippen molar-refractivity contribution in [1.82, 2.24) is 15.5 Å². The SMILES string of the molecule is NC(N)=NCCC[C@@H](C=O)NC(=O)[C@@H]1CCCN1C(=O)[C@@H]1NCC[C@@H]2CCCC[C@@H]21. The summed E-state index contributed by atoms with van der Waals surface area (Å²) in [6.07, 6.45) is 9.10. The van der Waals surface area contributed by atoms with Crippen LogP contribution in [0.1, 0.15) is 57.8 Å². The van der Waals surface area contributed by atoms with E-state index in [0.717, 1.165) is 32.1 Å². The van der Waals surface area contributed by atoms with E-state index >= 15 is 0 Å². The number of rotatable bonds is 8.